The second-order valence-electron chi connectivity index (χ2n) is 4.53. The van der Waals surface area contributed by atoms with Gasteiger partial charge in [0.1, 0.15) is 5.82 Å². The predicted octanol–water partition coefficient (Wildman–Crippen LogP) is 2.25. The average molecular weight is 263 g/mol. The van der Waals surface area contributed by atoms with E-state index < -0.39 is 0 Å². The van der Waals surface area contributed by atoms with E-state index in [0.717, 1.165) is 42.6 Å². The highest BCUT2D eigenvalue weighted by Gasteiger charge is 2.12. The molecule has 96 valence electrons. The molecule has 3 heterocycles. The highest BCUT2D eigenvalue weighted by molar-refractivity contribution is 7.09. The van der Waals surface area contributed by atoms with Crippen molar-refractivity contribution in [3.05, 3.63) is 23.3 Å². The zero-order valence-electron chi connectivity index (χ0n) is 10.5. The second kappa shape index (κ2) is 5.06. The first-order valence-electron chi connectivity index (χ1n) is 6.47. The van der Waals surface area contributed by atoms with Gasteiger partial charge in [-0.2, -0.15) is 9.47 Å². The van der Waals surface area contributed by atoms with Gasteiger partial charge in [-0.15, -0.1) is 0 Å². The minimum Gasteiger partial charge on any atom is -0.355 e. The first-order chi connectivity index (χ1) is 8.85. The van der Waals surface area contributed by atoms with E-state index in [-0.39, 0.29) is 0 Å². The van der Waals surface area contributed by atoms with Gasteiger partial charge in [-0.3, -0.25) is 4.68 Å². The van der Waals surface area contributed by atoms with Crippen LogP contribution in [-0.4, -0.2) is 19.1 Å². The fourth-order valence-electron chi connectivity index (χ4n) is 2.20. The van der Waals surface area contributed by atoms with E-state index in [4.69, 9.17) is 0 Å². The molecule has 2 aromatic heterocycles. The standard InChI is InChI=1S/C12H17N5S/c1-2-11-14-12(18-16-11)13-8-9-7-10-5-3-4-6-17(10)15-9/h7H,2-6,8H2,1H3,(H,13,14,16). The maximum Gasteiger partial charge on any atom is 0.202 e. The number of anilines is 1. The van der Waals surface area contributed by atoms with E-state index in [1.165, 1.54) is 30.1 Å². The molecule has 0 atom stereocenters. The fourth-order valence-corrected chi connectivity index (χ4v) is 2.84. The van der Waals surface area contributed by atoms with Crippen molar-refractivity contribution < 1.29 is 0 Å². The lowest BCUT2D eigenvalue weighted by Crippen LogP contribution is -2.11. The number of hydrogen-bond donors (Lipinski definition) is 1. The summed E-state index contributed by atoms with van der Waals surface area (Å²) < 4.78 is 6.39. The van der Waals surface area contributed by atoms with Gasteiger partial charge in [0.2, 0.25) is 5.13 Å². The molecule has 0 amide bonds. The van der Waals surface area contributed by atoms with Gasteiger partial charge in [-0.1, -0.05) is 6.92 Å². The zero-order chi connectivity index (χ0) is 12.4. The Bertz CT molecular complexity index is 507. The molecule has 2 aromatic rings. The molecule has 0 spiro atoms. The number of aromatic nitrogens is 4. The van der Waals surface area contributed by atoms with Crippen LogP contribution in [0, 0.1) is 0 Å². The molecule has 1 aliphatic rings. The second-order valence-corrected chi connectivity index (χ2v) is 5.28. The molecule has 5 nitrogen and oxygen atoms in total. The Labute approximate surface area is 110 Å². The lowest BCUT2D eigenvalue weighted by Gasteiger charge is -2.11. The van der Waals surface area contributed by atoms with Gasteiger partial charge in [0.15, 0.2) is 0 Å². The Hall–Kier alpha value is -1.43. The normalized spacial score (nSPS) is 14.5. The van der Waals surface area contributed by atoms with Crippen LogP contribution in [0.5, 0.6) is 0 Å². The molecule has 0 aliphatic carbocycles. The molecule has 1 aliphatic heterocycles. The van der Waals surface area contributed by atoms with Gasteiger partial charge in [-0.25, -0.2) is 4.98 Å². The molecular formula is C12H17N5S. The third kappa shape index (κ3) is 2.38. The van der Waals surface area contributed by atoms with Crippen molar-refractivity contribution in [1.82, 2.24) is 19.1 Å². The van der Waals surface area contributed by atoms with E-state index in [9.17, 15) is 0 Å². The molecular weight excluding hydrogens is 246 g/mol. The maximum absolute atomic E-state index is 4.60. The van der Waals surface area contributed by atoms with Gasteiger partial charge < -0.3 is 5.32 Å². The largest absolute Gasteiger partial charge is 0.355 e. The first kappa shape index (κ1) is 11.6. The van der Waals surface area contributed by atoms with Crippen LogP contribution in [-0.2, 0) is 25.9 Å². The molecule has 1 N–H and O–H groups in total. The van der Waals surface area contributed by atoms with Gasteiger partial charge in [0, 0.05) is 30.2 Å². The summed E-state index contributed by atoms with van der Waals surface area (Å²) >= 11 is 1.42. The number of nitrogens with one attached hydrogen (secondary N) is 1. The molecule has 6 heteroatoms. The minimum absolute atomic E-state index is 0.734. The molecule has 0 saturated heterocycles. The van der Waals surface area contributed by atoms with Gasteiger partial charge in [-0.05, 0) is 25.3 Å². The summed E-state index contributed by atoms with van der Waals surface area (Å²) in [5, 5.41) is 8.78. The summed E-state index contributed by atoms with van der Waals surface area (Å²) in [6.45, 7) is 3.86. The maximum atomic E-state index is 4.60. The van der Waals surface area contributed by atoms with Crippen LogP contribution in [0.4, 0.5) is 5.13 Å². The van der Waals surface area contributed by atoms with E-state index in [1.807, 2.05) is 0 Å². The number of hydrogen-bond acceptors (Lipinski definition) is 5. The monoisotopic (exact) mass is 263 g/mol. The number of aryl methyl sites for hydroxylation is 3. The van der Waals surface area contributed by atoms with Crippen LogP contribution in [0.3, 0.4) is 0 Å². The van der Waals surface area contributed by atoms with Crippen LogP contribution >= 0.6 is 11.5 Å². The summed E-state index contributed by atoms with van der Waals surface area (Å²) in [7, 11) is 0. The topological polar surface area (TPSA) is 55.6 Å². The molecule has 18 heavy (non-hydrogen) atoms. The number of nitrogens with zero attached hydrogens (tertiary/aromatic N) is 4. The lowest BCUT2D eigenvalue weighted by atomic mass is 10.1. The van der Waals surface area contributed by atoms with Crippen molar-refractivity contribution in [2.75, 3.05) is 5.32 Å². The quantitative estimate of drug-likeness (QED) is 0.919. The summed E-state index contributed by atoms with van der Waals surface area (Å²) in [6.07, 6.45) is 4.58. The molecule has 0 saturated carbocycles. The van der Waals surface area contributed by atoms with Crippen LogP contribution in [0.1, 0.15) is 37.0 Å². The Morgan fingerprint density at radius 1 is 1.44 bits per heavy atom. The fraction of sp³-hybridized carbons (Fsp3) is 0.583. The Morgan fingerprint density at radius 3 is 3.17 bits per heavy atom. The molecule has 0 aromatic carbocycles. The number of rotatable bonds is 4. The van der Waals surface area contributed by atoms with Crippen LogP contribution in [0.2, 0.25) is 0 Å². The van der Waals surface area contributed by atoms with Crippen molar-refractivity contribution in [3.63, 3.8) is 0 Å². The zero-order valence-corrected chi connectivity index (χ0v) is 11.3. The Kier molecular flexibility index (Phi) is 3.27. The highest BCUT2D eigenvalue weighted by Crippen LogP contribution is 2.17. The van der Waals surface area contributed by atoms with Crippen LogP contribution < -0.4 is 5.32 Å². The molecule has 0 fully saturated rings. The predicted molar refractivity (Wildman–Crippen MR) is 71.8 cm³/mol. The molecule has 0 bridgehead atoms. The third-order valence-electron chi connectivity index (χ3n) is 3.17. The summed E-state index contributed by atoms with van der Waals surface area (Å²) in [4.78, 5) is 4.39. The molecule has 3 rings (SSSR count). The summed E-state index contributed by atoms with van der Waals surface area (Å²) in [6, 6.07) is 2.20. The first-order valence-corrected chi connectivity index (χ1v) is 7.24. The van der Waals surface area contributed by atoms with E-state index in [2.05, 4.69) is 37.4 Å². The van der Waals surface area contributed by atoms with Crippen molar-refractivity contribution in [2.24, 2.45) is 0 Å². The summed E-state index contributed by atoms with van der Waals surface area (Å²) in [5.41, 5.74) is 2.46. The SMILES string of the molecule is CCc1nsc(NCc2cc3n(n2)CCCC3)n1. The van der Waals surface area contributed by atoms with Crippen molar-refractivity contribution in [3.8, 4) is 0 Å². The Balaban J connectivity index is 1.64. The Morgan fingerprint density at radius 2 is 2.39 bits per heavy atom. The van der Waals surface area contributed by atoms with Crippen LogP contribution in [0.15, 0.2) is 6.07 Å². The van der Waals surface area contributed by atoms with E-state index in [0.29, 0.717) is 0 Å². The molecule has 0 unspecified atom stereocenters. The van der Waals surface area contributed by atoms with Crippen LogP contribution in [0.25, 0.3) is 0 Å². The third-order valence-corrected chi connectivity index (χ3v) is 3.88. The smallest absolute Gasteiger partial charge is 0.202 e. The molecule has 0 radical (unpaired) electrons. The highest BCUT2D eigenvalue weighted by atomic mass is 32.1. The van der Waals surface area contributed by atoms with E-state index >= 15 is 0 Å². The van der Waals surface area contributed by atoms with Crippen molar-refractivity contribution in [1.29, 1.82) is 0 Å². The number of fused-ring (bicyclic) bond motifs is 1. The van der Waals surface area contributed by atoms with Gasteiger partial charge >= 0.3 is 0 Å². The minimum atomic E-state index is 0.734. The summed E-state index contributed by atoms with van der Waals surface area (Å²) in [5.74, 6) is 0.909. The average Bonchev–Trinajstić information content (AvgIpc) is 3.02. The lowest BCUT2D eigenvalue weighted by molar-refractivity contribution is 0.484. The van der Waals surface area contributed by atoms with Crippen molar-refractivity contribution in [2.45, 2.75) is 45.7 Å². The van der Waals surface area contributed by atoms with Crippen molar-refractivity contribution >= 4 is 16.7 Å². The van der Waals surface area contributed by atoms with Gasteiger partial charge in [0.05, 0.1) is 12.2 Å². The van der Waals surface area contributed by atoms with Gasteiger partial charge in [0.25, 0.3) is 0 Å². The van der Waals surface area contributed by atoms with E-state index in [1.54, 1.807) is 0 Å².